The third-order valence-electron chi connectivity index (χ3n) is 4.29. The Hall–Kier alpha value is -1.09. The van der Waals surface area contributed by atoms with Crippen LogP contribution in [0.2, 0.25) is 0 Å². The summed E-state index contributed by atoms with van der Waals surface area (Å²) in [6.07, 6.45) is 0. The van der Waals surface area contributed by atoms with Gasteiger partial charge in [0.15, 0.2) is 0 Å². The van der Waals surface area contributed by atoms with E-state index in [4.69, 9.17) is 14.0 Å². The molecule has 1 fully saturated rings. The zero-order chi connectivity index (χ0) is 16.8. The number of methoxy groups -OCH3 is 1. The molecule has 122 valence electrons. The van der Waals surface area contributed by atoms with E-state index in [0.29, 0.717) is 11.2 Å². The fourth-order valence-corrected chi connectivity index (χ4v) is 2.92. The lowest BCUT2D eigenvalue weighted by Crippen LogP contribution is -2.41. The first kappa shape index (κ1) is 17.3. The summed E-state index contributed by atoms with van der Waals surface area (Å²) in [7, 11) is -1.34. The molecule has 2 rings (SSSR count). The van der Waals surface area contributed by atoms with Gasteiger partial charge in [-0.05, 0) is 52.9 Å². The van der Waals surface area contributed by atoms with Crippen LogP contribution >= 0.6 is 0 Å². The minimum absolute atomic E-state index is 0.139. The molecule has 0 saturated carbocycles. The molecule has 1 heterocycles. The quantitative estimate of drug-likeness (QED) is 0.832. The summed E-state index contributed by atoms with van der Waals surface area (Å²) in [4.78, 5) is 0.139. The highest BCUT2D eigenvalue weighted by atomic mass is 32.2. The molecule has 22 heavy (non-hydrogen) atoms. The Morgan fingerprint density at radius 2 is 1.68 bits per heavy atom. The smallest absolute Gasteiger partial charge is 0.497 e. The minimum Gasteiger partial charge on any atom is -0.497 e. The van der Waals surface area contributed by atoms with Crippen LogP contribution < -0.4 is 14.9 Å². The van der Waals surface area contributed by atoms with E-state index in [9.17, 15) is 8.42 Å². The zero-order valence-corrected chi connectivity index (χ0v) is 14.6. The van der Waals surface area contributed by atoms with Crippen LogP contribution in [0.1, 0.15) is 27.7 Å². The summed E-state index contributed by atoms with van der Waals surface area (Å²) in [6.45, 7) is 7.75. The molecule has 1 aliphatic rings. The van der Waals surface area contributed by atoms with Crippen molar-refractivity contribution in [1.82, 2.24) is 4.72 Å². The van der Waals surface area contributed by atoms with E-state index in [1.54, 1.807) is 6.07 Å². The van der Waals surface area contributed by atoms with Crippen LogP contribution in [-0.4, -0.2) is 40.9 Å². The van der Waals surface area contributed by atoms with E-state index in [0.717, 1.165) is 0 Å². The maximum atomic E-state index is 12.0. The fraction of sp³-hybridized carbons (Fsp3) is 0.571. The average Bonchev–Trinajstić information content (AvgIpc) is 2.66. The van der Waals surface area contributed by atoms with Gasteiger partial charge in [-0.25, -0.2) is 13.1 Å². The summed E-state index contributed by atoms with van der Waals surface area (Å²) in [5.41, 5.74) is -0.473. The van der Waals surface area contributed by atoms with Gasteiger partial charge in [0.2, 0.25) is 10.0 Å². The maximum Gasteiger partial charge on any atom is 0.498 e. The van der Waals surface area contributed by atoms with E-state index in [1.165, 1.54) is 26.3 Å². The monoisotopic (exact) mass is 327 g/mol. The zero-order valence-electron chi connectivity index (χ0n) is 13.8. The maximum absolute atomic E-state index is 12.0. The predicted molar refractivity (Wildman–Crippen MR) is 85.0 cm³/mol. The molecule has 0 bridgehead atoms. The molecule has 0 unspecified atom stereocenters. The SMILES string of the molecule is CNS(=O)(=O)c1ccc(OC)c(B2OC(C)(C)C(C)(C)O2)c1. The highest BCUT2D eigenvalue weighted by molar-refractivity contribution is 7.89. The van der Waals surface area contributed by atoms with Gasteiger partial charge in [-0.15, -0.1) is 0 Å². The predicted octanol–water partition coefficient (Wildman–Crippen LogP) is 0.902. The van der Waals surface area contributed by atoms with Crippen molar-refractivity contribution >= 4 is 22.6 Å². The minimum atomic E-state index is -3.55. The highest BCUT2D eigenvalue weighted by Crippen LogP contribution is 2.37. The lowest BCUT2D eigenvalue weighted by atomic mass is 9.78. The van der Waals surface area contributed by atoms with Crippen molar-refractivity contribution < 1.29 is 22.5 Å². The van der Waals surface area contributed by atoms with Gasteiger partial charge in [-0.3, -0.25) is 0 Å². The van der Waals surface area contributed by atoms with Crippen LogP contribution in [0.4, 0.5) is 0 Å². The summed E-state index contributed by atoms with van der Waals surface area (Å²) in [6, 6.07) is 4.61. The molecule has 0 aliphatic carbocycles. The van der Waals surface area contributed by atoms with Crippen molar-refractivity contribution in [3.8, 4) is 5.75 Å². The molecule has 8 heteroatoms. The fourth-order valence-electron chi connectivity index (χ4n) is 2.15. The van der Waals surface area contributed by atoms with E-state index in [2.05, 4.69) is 4.72 Å². The van der Waals surface area contributed by atoms with Crippen molar-refractivity contribution in [3.05, 3.63) is 18.2 Å². The van der Waals surface area contributed by atoms with Gasteiger partial charge in [-0.2, -0.15) is 0 Å². The van der Waals surface area contributed by atoms with Gasteiger partial charge in [0, 0.05) is 5.46 Å². The third-order valence-corrected chi connectivity index (χ3v) is 5.70. The van der Waals surface area contributed by atoms with Gasteiger partial charge in [0.25, 0.3) is 0 Å². The molecule has 0 atom stereocenters. The Bertz CT molecular complexity index is 656. The Morgan fingerprint density at radius 3 is 2.14 bits per heavy atom. The lowest BCUT2D eigenvalue weighted by Gasteiger charge is -2.32. The van der Waals surface area contributed by atoms with Crippen LogP contribution in [0.25, 0.3) is 0 Å². The molecular weight excluding hydrogens is 305 g/mol. The van der Waals surface area contributed by atoms with Gasteiger partial charge in [0.1, 0.15) is 5.75 Å². The van der Waals surface area contributed by atoms with Crippen LogP contribution in [0, 0.1) is 0 Å². The average molecular weight is 327 g/mol. The Kier molecular flexibility index (Phi) is 4.34. The molecule has 6 nitrogen and oxygen atoms in total. The van der Waals surface area contributed by atoms with Gasteiger partial charge < -0.3 is 14.0 Å². The second-order valence-electron chi connectivity index (χ2n) is 6.20. The molecule has 1 aromatic carbocycles. The van der Waals surface area contributed by atoms with Crippen LogP contribution in [0.3, 0.4) is 0 Å². The second kappa shape index (κ2) is 5.52. The Morgan fingerprint density at radius 1 is 1.14 bits per heavy atom. The topological polar surface area (TPSA) is 73.9 Å². The first-order valence-corrected chi connectivity index (χ1v) is 8.49. The summed E-state index contributed by atoms with van der Waals surface area (Å²) in [5.74, 6) is 0.522. The van der Waals surface area contributed by atoms with E-state index in [1.807, 2.05) is 27.7 Å². The van der Waals surface area contributed by atoms with E-state index >= 15 is 0 Å². The Balaban J connectivity index is 2.49. The molecule has 1 N–H and O–H groups in total. The first-order chi connectivity index (χ1) is 10.0. The molecule has 1 aliphatic heterocycles. The van der Waals surface area contributed by atoms with Crippen molar-refractivity contribution in [2.45, 2.75) is 43.8 Å². The molecule has 1 saturated heterocycles. The molecule has 1 aromatic rings. The van der Waals surface area contributed by atoms with Crippen molar-refractivity contribution in [3.63, 3.8) is 0 Å². The van der Waals surface area contributed by atoms with E-state index < -0.39 is 28.3 Å². The highest BCUT2D eigenvalue weighted by Gasteiger charge is 2.52. The first-order valence-electron chi connectivity index (χ1n) is 7.01. The standard InChI is InChI=1S/C14H22BNO5S/c1-13(2)14(3,4)21-15(20-13)11-9-10(22(17,18)16-5)7-8-12(11)19-6/h7-9,16H,1-6H3. The largest absolute Gasteiger partial charge is 0.498 e. The number of nitrogens with one attached hydrogen (secondary N) is 1. The number of ether oxygens (including phenoxy) is 1. The molecule has 0 amide bonds. The summed E-state index contributed by atoms with van der Waals surface area (Å²) < 4.78 is 43.5. The number of hydrogen-bond donors (Lipinski definition) is 1. The summed E-state index contributed by atoms with van der Waals surface area (Å²) in [5, 5.41) is 0. The van der Waals surface area contributed by atoms with E-state index in [-0.39, 0.29) is 4.90 Å². The molecular formula is C14H22BNO5S. The van der Waals surface area contributed by atoms with Gasteiger partial charge in [0.05, 0.1) is 23.2 Å². The molecule has 0 aromatic heterocycles. The van der Waals surface area contributed by atoms with Crippen LogP contribution in [0.15, 0.2) is 23.1 Å². The molecule has 0 spiro atoms. The van der Waals surface area contributed by atoms with Gasteiger partial charge in [-0.1, -0.05) is 0 Å². The van der Waals surface area contributed by atoms with Crippen molar-refractivity contribution in [2.75, 3.05) is 14.2 Å². The lowest BCUT2D eigenvalue weighted by molar-refractivity contribution is 0.00578. The Labute approximate surface area is 132 Å². The number of hydrogen-bond acceptors (Lipinski definition) is 5. The normalized spacial score (nSPS) is 20.2. The van der Waals surface area contributed by atoms with Crippen molar-refractivity contribution in [2.24, 2.45) is 0 Å². The van der Waals surface area contributed by atoms with Crippen molar-refractivity contribution in [1.29, 1.82) is 0 Å². The third kappa shape index (κ3) is 2.88. The summed E-state index contributed by atoms with van der Waals surface area (Å²) >= 11 is 0. The molecule has 0 radical (unpaired) electrons. The number of rotatable bonds is 4. The number of sulfonamides is 1. The van der Waals surface area contributed by atoms with Crippen LogP contribution in [-0.2, 0) is 19.3 Å². The van der Waals surface area contributed by atoms with Crippen LogP contribution in [0.5, 0.6) is 5.75 Å². The second-order valence-corrected chi connectivity index (χ2v) is 8.09. The number of benzene rings is 1. The van der Waals surface area contributed by atoms with Gasteiger partial charge >= 0.3 is 7.12 Å².